The zero-order chi connectivity index (χ0) is 23.1. The van der Waals surface area contributed by atoms with Crippen LogP contribution in [0.1, 0.15) is 13.8 Å². The Labute approximate surface area is 195 Å². The summed E-state index contributed by atoms with van der Waals surface area (Å²) in [5.41, 5.74) is 8.82. The Hall–Kier alpha value is -4.59. The van der Waals surface area contributed by atoms with Crippen LogP contribution in [0.4, 0.5) is 5.69 Å². The molecule has 5 heterocycles. The van der Waals surface area contributed by atoms with Gasteiger partial charge in [-0.2, -0.15) is 5.10 Å². The predicted molar refractivity (Wildman–Crippen MR) is 134 cm³/mol. The van der Waals surface area contributed by atoms with Crippen molar-refractivity contribution in [1.82, 2.24) is 35.1 Å². The zero-order valence-electron chi connectivity index (χ0n) is 18.7. The highest BCUT2D eigenvalue weighted by Crippen LogP contribution is 2.31. The van der Waals surface area contributed by atoms with Gasteiger partial charge < -0.3 is 10.3 Å². The number of nitrogens with zero attached hydrogens (tertiary/aromatic N) is 5. The fraction of sp³-hybridized carbons (Fsp3) is 0.115. The largest absolute Gasteiger partial charge is 0.382 e. The van der Waals surface area contributed by atoms with Crippen LogP contribution in [-0.4, -0.2) is 41.2 Å². The van der Waals surface area contributed by atoms with E-state index in [0.717, 1.165) is 50.1 Å². The lowest BCUT2D eigenvalue weighted by Crippen LogP contribution is -2.09. The molecule has 0 atom stereocenters. The van der Waals surface area contributed by atoms with Gasteiger partial charge in [0.25, 0.3) is 0 Å². The summed E-state index contributed by atoms with van der Waals surface area (Å²) < 4.78 is 0. The summed E-state index contributed by atoms with van der Waals surface area (Å²) in [5.74, 6) is 0.663. The number of hydrogen-bond acceptors (Lipinski definition) is 6. The van der Waals surface area contributed by atoms with Gasteiger partial charge in [-0.25, -0.2) is 9.97 Å². The first-order valence-electron chi connectivity index (χ1n) is 11.1. The SMILES string of the molecule is CC(C)Nc1cncc(-c2ccc3[nH]nc(-c4nc5c(-c6cccnc6)cccc5[nH]4)c3n2)c1. The Morgan fingerprint density at radius 3 is 2.59 bits per heavy atom. The molecular weight excluding hydrogens is 424 g/mol. The number of anilines is 1. The maximum atomic E-state index is 4.92. The van der Waals surface area contributed by atoms with E-state index in [1.54, 1.807) is 6.20 Å². The molecule has 0 saturated heterocycles. The van der Waals surface area contributed by atoms with Gasteiger partial charge in [-0.05, 0) is 44.2 Å². The molecule has 0 saturated carbocycles. The van der Waals surface area contributed by atoms with Crippen LogP contribution in [0.15, 0.2) is 73.3 Å². The lowest BCUT2D eigenvalue weighted by molar-refractivity contribution is 0.898. The van der Waals surface area contributed by atoms with Gasteiger partial charge in [0.05, 0.1) is 27.9 Å². The Balaban J connectivity index is 1.45. The minimum atomic E-state index is 0.317. The third-order valence-corrected chi connectivity index (χ3v) is 5.61. The van der Waals surface area contributed by atoms with E-state index >= 15 is 0 Å². The number of hydrogen-bond donors (Lipinski definition) is 3. The Morgan fingerprint density at radius 1 is 0.824 bits per heavy atom. The summed E-state index contributed by atoms with van der Waals surface area (Å²) in [6.07, 6.45) is 7.25. The van der Waals surface area contributed by atoms with E-state index in [1.807, 2.05) is 61.1 Å². The Kier molecular flexibility index (Phi) is 4.76. The number of H-pyrrole nitrogens is 2. The summed E-state index contributed by atoms with van der Waals surface area (Å²) in [4.78, 5) is 21.9. The molecule has 6 aromatic rings. The van der Waals surface area contributed by atoms with Gasteiger partial charge >= 0.3 is 0 Å². The fourth-order valence-electron chi connectivity index (χ4n) is 4.12. The summed E-state index contributed by atoms with van der Waals surface area (Å²) in [6.45, 7) is 4.20. The molecule has 3 N–H and O–H groups in total. The summed E-state index contributed by atoms with van der Waals surface area (Å²) in [6, 6.07) is 16.4. The molecule has 8 nitrogen and oxygen atoms in total. The predicted octanol–water partition coefficient (Wildman–Crippen LogP) is 5.45. The topological polar surface area (TPSA) is 108 Å². The van der Waals surface area contributed by atoms with Crippen molar-refractivity contribution in [2.24, 2.45) is 0 Å². The normalized spacial score (nSPS) is 11.5. The molecule has 0 spiro atoms. The van der Waals surface area contributed by atoms with Crippen LogP contribution in [0.3, 0.4) is 0 Å². The number of aromatic amines is 2. The van der Waals surface area contributed by atoms with Crippen molar-refractivity contribution in [1.29, 1.82) is 0 Å². The molecule has 0 amide bonds. The number of pyridine rings is 3. The van der Waals surface area contributed by atoms with E-state index < -0.39 is 0 Å². The smallest absolute Gasteiger partial charge is 0.161 e. The van der Waals surface area contributed by atoms with E-state index in [-0.39, 0.29) is 0 Å². The maximum Gasteiger partial charge on any atom is 0.161 e. The van der Waals surface area contributed by atoms with Gasteiger partial charge in [-0.15, -0.1) is 0 Å². The van der Waals surface area contributed by atoms with E-state index in [0.29, 0.717) is 17.6 Å². The van der Waals surface area contributed by atoms with Crippen molar-refractivity contribution in [2.45, 2.75) is 19.9 Å². The van der Waals surface area contributed by atoms with Crippen molar-refractivity contribution in [2.75, 3.05) is 5.32 Å². The highest BCUT2D eigenvalue weighted by molar-refractivity contribution is 5.96. The number of fused-ring (bicyclic) bond motifs is 2. The van der Waals surface area contributed by atoms with Crippen molar-refractivity contribution in [3.63, 3.8) is 0 Å². The van der Waals surface area contributed by atoms with Crippen LogP contribution in [-0.2, 0) is 0 Å². The second-order valence-electron chi connectivity index (χ2n) is 8.46. The van der Waals surface area contributed by atoms with Crippen LogP contribution < -0.4 is 5.32 Å². The van der Waals surface area contributed by atoms with Crippen molar-refractivity contribution in [3.8, 4) is 33.9 Å². The van der Waals surface area contributed by atoms with Crippen LogP contribution >= 0.6 is 0 Å². The quantitative estimate of drug-likeness (QED) is 0.325. The van der Waals surface area contributed by atoms with Crippen LogP contribution in [0.25, 0.3) is 56.0 Å². The van der Waals surface area contributed by atoms with E-state index in [1.165, 1.54) is 0 Å². The van der Waals surface area contributed by atoms with Crippen LogP contribution in [0.2, 0.25) is 0 Å². The molecule has 0 unspecified atom stereocenters. The molecule has 34 heavy (non-hydrogen) atoms. The summed E-state index contributed by atoms with van der Waals surface area (Å²) >= 11 is 0. The number of para-hydroxylation sites is 1. The molecule has 166 valence electrons. The number of benzene rings is 1. The molecule has 1 aromatic carbocycles. The van der Waals surface area contributed by atoms with E-state index in [9.17, 15) is 0 Å². The first kappa shape index (κ1) is 20.0. The second-order valence-corrected chi connectivity index (χ2v) is 8.46. The van der Waals surface area contributed by atoms with Gasteiger partial charge in [0.2, 0.25) is 0 Å². The molecule has 0 fully saturated rings. The van der Waals surface area contributed by atoms with E-state index in [4.69, 9.17) is 9.97 Å². The van der Waals surface area contributed by atoms with Crippen molar-refractivity contribution >= 4 is 27.8 Å². The number of aromatic nitrogens is 7. The second kappa shape index (κ2) is 8.08. The van der Waals surface area contributed by atoms with Gasteiger partial charge in [-0.3, -0.25) is 15.1 Å². The minimum absolute atomic E-state index is 0.317. The molecule has 0 aliphatic rings. The Bertz CT molecular complexity index is 1610. The fourth-order valence-corrected chi connectivity index (χ4v) is 4.12. The van der Waals surface area contributed by atoms with Gasteiger partial charge in [0.1, 0.15) is 5.52 Å². The number of rotatable bonds is 5. The minimum Gasteiger partial charge on any atom is -0.382 e. The van der Waals surface area contributed by atoms with Crippen LogP contribution in [0.5, 0.6) is 0 Å². The lowest BCUT2D eigenvalue weighted by Gasteiger charge is -2.10. The molecule has 6 rings (SSSR count). The van der Waals surface area contributed by atoms with Crippen LogP contribution in [0, 0.1) is 0 Å². The summed E-state index contributed by atoms with van der Waals surface area (Å²) in [5, 5.41) is 11.0. The average Bonchev–Trinajstić information content (AvgIpc) is 3.48. The lowest BCUT2D eigenvalue weighted by atomic mass is 10.1. The summed E-state index contributed by atoms with van der Waals surface area (Å²) in [7, 11) is 0. The highest BCUT2D eigenvalue weighted by Gasteiger charge is 2.17. The van der Waals surface area contributed by atoms with Crippen molar-refractivity contribution in [3.05, 3.63) is 73.3 Å². The molecule has 0 aliphatic carbocycles. The molecule has 5 aromatic heterocycles. The monoisotopic (exact) mass is 446 g/mol. The zero-order valence-corrected chi connectivity index (χ0v) is 18.7. The number of nitrogens with one attached hydrogen (secondary N) is 3. The molecular formula is C26H22N8. The molecule has 0 radical (unpaired) electrons. The first-order valence-corrected chi connectivity index (χ1v) is 11.1. The third kappa shape index (κ3) is 3.55. The standard InChI is InChI=1S/C26H22N8/c1-15(2)29-18-11-17(13-28-14-18)20-8-9-22-24(30-20)25(34-33-22)26-31-21-7-3-6-19(23(21)32-26)16-5-4-10-27-12-16/h3-15,29H,1-2H3,(H,31,32)(H,33,34). The molecule has 0 aliphatic heterocycles. The Morgan fingerprint density at radius 2 is 1.74 bits per heavy atom. The maximum absolute atomic E-state index is 4.92. The molecule has 8 heteroatoms. The van der Waals surface area contributed by atoms with Gasteiger partial charge in [-0.1, -0.05) is 18.2 Å². The average molecular weight is 447 g/mol. The van der Waals surface area contributed by atoms with Gasteiger partial charge in [0, 0.05) is 47.5 Å². The van der Waals surface area contributed by atoms with Gasteiger partial charge in [0.15, 0.2) is 11.5 Å². The first-order chi connectivity index (χ1) is 16.7. The third-order valence-electron chi connectivity index (χ3n) is 5.61. The van der Waals surface area contributed by atoms with Crippen molar-refractivity contribution < 1.29 is 0 Å². The highest BCUT2D eigenvalue weighted by atomic mass is 15.1. The molecule has 0 bridgehead atoms. The van der Waals surface area contributed by atoms with E-state index in [2.05, 4.69) is 50.4 Å². The number of imidazole rings is 1.